The highest BCUT2D eigenvalue weighted by Gasteiger charge is 2.08. The van der Waals surface area contributed by atoms with Crippen molar-refractivity contribution in [3.05, 3.63) is 29.8 Å². The molecule has 0 aliphatic carbocycles. The molecule has 0 fully saturated rings. The van der Waals surface area contributed by atoms with Gasteiger partial charge in [0, 0.05) is 32.7 Å². The predicted octanol–water partition coefficient (Wildman–Crippen LogP) is 0.922. The Morgan fingerprint density at radius 1 is 1.23 bits per heavy atom. The molecule has 0 aliphatic heterocycles. The van der Waals surface area contributed by atoms with Crippen LogP contribution in [0, 0.1) is 0 Å². The number of hydrogen-bond acceptors (Lipinski definition) is 4. The second kappa shape index (κ2) is 8.66. The van der Waals surface area contributed by atoms with E-state index in [1.807, 2.05) is 31.2 Å². The van der Waals surface area contributed by atoms with Crippen LogP contribution >= 0.6 is 0 Å². The van der Waals surface area contributed by atoms with E-state index in [9.17, 15) is 14.4 Å². The van der Waals surface area contributed by atoms with E-state index in [2.05, 4.69) is 16.0 Å². The Kier molecular flexibility index (Phi) is 6.88. The first-order valence-corrected chi connectivity index (χ1v) is 7.06. The number of urea groups is 1. The largest absolute Gasteiger partial charge is 0.376 e. The summed E-state index contributed by atoms with van der Waals surface area (Å²) in [7, 11) is 1.44. The average Bonchev–Trinajstić information content (AvgIpc) is 2.50. The van der Waals surface area contributed by atoms with Gasteiger partial charge < -0.3 is 15.5 Å². The minimum absolute atomic E-state index is 0.0128. The van der Waals surface area contributed by atoms with E-state index >= 15 is 0 Å². The van der Waals surface area contributed by atoms with Crippen LogP contribution in [0.15, 0.2) is 24.3 Å². The van der Waals surface area contributed by atoms with Gasteiger partial charge in [-0.15, -0.1) is 0 Å². The molecule has 7 heteroatoms. The molecule has 0 heterocycles. The maximum atomic E-state index is 11.5. The van der Waals surface area contributed by atoms with Gasteiger partial charge in [0.2, 0.25) is 11.8 Å². The lowest BCUT2D eigenvalue weighted by Crippen LogP contribution is -2.40. The number of imide groups is 1. The van der Waals surface area contributed by atoms with Crippen molar-refractivity contribution in [2.75, 3.05) is 25.5 Å². The lowest BCUT2D eigenvalue weighted by Gasteiger charge is -2.19. The van der Waals surface area contributed by atoms with E-state index < -0.39 is 11.9 Å². The van der Waals surface area contributed by atoms with Crippen molar-refractivity contribution in [2.24, 2.45) is 0 Å². The maximum absolute atomic E-state index is 11.5. The normalized spacial score (nSPS) is 9.77. The zero-order valence-corrected chi connectivity index (χ0v) is 13.1. The number of nitrogens with one attached hydrogen (secondary N) is 3. The van der Waals surface area contributed by atoms with Crippen molar-refractivity contribution in [2.45, 2.75) is 20.4 Å². The standard InChI is InChI=1S/C15H22N4O3/c1-4-19(11(2)20)10-12-6-5-7-13(8-12)17-9-14(21)18-15(22)16-3/h5-8,17H,4,9-10H2,1-3H3,(H2,16,18,21,22). The van der Waals surface area contributed by atoms with Gasteiger partial charge in [-0.3, -0.25) is 14.9 Å². The molecular weight excluding hydrogens is 284 g/mol. The molecular formula is C15H22N4O3. The van der Waals surface area contributed by atoms with E-state index in [0.29, 0.717) is 13.1 Å². The predicted molar refractivity (Wildman–Crippen MR) is 84.3 cm³/mol. The third-order valence-electron chi connectivity index (χ3n) is 3.06. The third-order valence-corrected chi connectivity index (χ3v) is 3.06. The van der Waals surface area contributed by atoms with E-state index in [-0.39, 0.29) is 12.5 Å². The smallest absolute Gasteiger partial charge is 0.321 e. The van der Waals surface area contributed by atoms with Gasteiger partial charge in [0.05, 0.1) is 6.54 Å². The molecule has 1 aromatic carbocycles. The van der Waals surface area contributed by atoms with Gasteiger partial charge in [0.25, 0.3) is 0 Å². The van der Waals surface area contributed by atoms with Crippen LogP contribution in [-0.2, 0) is 16.1 Å². The summed E-state index contributed by atoms with van der Waals surface area (Å²) < 4.78 is 0. The highest BCUT2D eigenvalue weighted by Crippen LogP contribution is 2.12. The molecule has 0 unspecified atom stereocenters. The fourth-order valence-electron chi connectivity index (χ4n) is 1.86. The Hall–Kier alpha value is -2.57. The molecule has 7 nitrogen and oxygen atoms in total. The molecule has 1 aromatic rings. The van der Waals surface area contributed by atoms with Gasteiger partial charge in [-0.2, -0.15) is 0 Å². The van der Waals surface area contributed by atoms with E-state index in [1.165, 1.54) is 14.0 Å². The number of carbonyl (C=O) groups is 3. The van der Waals surface area contributed by atoms with Crippen LogP contribution in [0.1, 0.15) is 19.4 Å². The van der Waals surface area contributed by atoms with Crippen molar-refractivity contribution in [3.63, 3.8) is 0 Å². The first kappa shape index (κ1) is 17.5. The Bertz CT molecular complexity index is 545. The number of nitrogens with zero attached hydrogens (tertiary/aromatic N) is 1. The van der Waals surface area contributed by atoms with Crippen LogP contribution in [0.5, 0.6) is 0 Å². The number of rotatable bonds is 6. The summed E-state index contributed by atoms with van der Waals surface area (Å²) in [6, 6.07) is 6.92. The van der Waals surface area contributed by atoms with Crippen LogP contribution in [0.3, 0.4) is 0 Å². The summed E-state index contributed by atoms with van der Waals surface area (Å²) >= 11 is 0. The Morgan fingerprint density at radius 2 is 1.95 bits per heavy atom. The summed E-state index contributed by atoms with van der Waals surface area (Å²) in [6.07, 6.45) is 0. The summed E-state index contributed by atoms with van der Waals surface area (Å²) in [5, 5.41) is 7.41. The molecule has 4 amide bonds. The van der Waals surface area contributed by atoms with E-state index in [0.717, 1.165) is 11.3 Å². The lowest BCUT2D eigenvalue weighted by molar-refractivity contribution is -0.129. The molecule has 0 saturated carbocycles. The summed E-state index contributed by atoms with van der Waals surface area (Å²) in [6.45, 7) is 4.61. The van der Waals surface area contributed by atoms with Gasteiger partial charge in [-0.25, -0.2) is 4.79 Å². The zero-order chi connectivity index (χ0) is 16.5. The minimum atomic E-state index is -0.541. The van der Waals surface area contributed by atoms with Crippen molar-refractivity contribution < 1.29 is 14.4 Å². The maximum Gasteiger partial charge on any atom is 0.321 e. The second-order valence-corrected chi connectivity index (χ2v) is 4.71. The van der Waals surface area contributed by atoms with Crippen LogP contribution in [-0.4, -0.2) is 42.9 Å². The first-order chi connectivity index (χ1) is 10.5. The summed E-state index contributed by atoms with van der Waals surface area (Å²) in [5.41, 5.74) is 1.72. The van der Waals surface area contributed by atoms with Gasteiger partial charge in [-0.05, 0) is 24.6 Å². The molecule has 0 atom stereocenters. The van der Waals surface area contributed by atoms with Crippen LogP contribution in [0.4, 0.5) is 10.5 Å². The van der Waals surface area contributed by atoms with Gasteiger partial charge in [0.15, 0.2) is 0 Å². The van der Waals surface area contributed by atoms with Gasteiger partial charge in [-0.1, -0.05) is 12.1 Å². The number of benzene rings is 1. The third kappa shape index (κ3) is 5.82. The highest BCUT2D eigenvalue weighted by molar-refractivity contribution is 5.96. The quantitative estimate of drug-likeness (QED) is 0.729. The van der Waals surface area contributed by atoms with Gasteiger partial charge in [0.1, 0.15) is 0 Å². The molecule has 3 N–H and O–H groups in total. The monoisotopic (exact) mass is 306 g/mol. The minimum Gasteiger partial charge on any atom is -0.376 e. The molecule has 120 valence electrons. The van der Waals surface area contributed by atoms with Crippen LogP contribution < -0.4 is 16.0 Å². The number of anilines is 1. The molecule has 0 aliphatic rings. The Labute approximate surface area is 130 Å². The fourth-order valence-corrected chi connectivity index (χ4v) is 1.86. The SMILES string of the molecule is CCN(Cc1cccc(NCC(=O)NC(=O)NC)c1)C(C)=O. The summed E-state index contributed by atoms with van der Waals surface area (Å²) in [4.78, 5) is 35.6. The number of hydrogen-bond donors (Lipinski definition) is 3. The number of carbonyl (C=O) groups excluding carboxylic acids is 3. The molecule has 0 saturated heterocycles. The van der Waals surface area contributed by atoms with E-state index in [1.54, 1.807) is 4.90 Å². The van der Waals surface area contributed by atoms with E-state index in [4.69, 9.17) is 0 Å². The molecule has 0 bridgehead atoms. The Balaban J connectivity index is 2.59. The second-order valence-electron chi connectivity index (χ2n) is 4.71. The van der Waals surface area contributed by atoms with Crippen molar-refractivity contribution in [1.82, 2.24) is 15.5 Å². The van der Waals surface area contributed by atoms with Crippen LogP contribution in [0.2, 0.25) is 0 Å². The molecule has 0 aromatic heterocycles. The zero-order valence-electron chi connectivity index (χ0n) is 13.1. The average molecular weight is 306 g/mol. The lowest BCUT2D eigenvalue weighted by atomic mass is 10.2. The highest BCUT2D eigenvalue weighted by atomic mass is 16.2. The topological polar surface area (TPSA) is 90.5 Å². The molecule has 0 radical (unpaired) electrons. The Morgan fingerprint density at radius 3 is 2.55 bits per heavy atom. The first-order valence-electron chi connectivity index (χ1n) is 7.06. The molecule has 22 heavy (non-hydrogen) atoms. The van der Waals surface area contributed by atoms with Crippen molar-refractivity contribution in [1.29, 1.82) is 0 Å². The fraction of sp³-hybridized carbons (Fsp3) is 0.400. The van der Waals surface area contributed by atoms with Gasteiger partial charge >= 0.3 is 6.03 Å². The molecule has 1 rings (SSSR count). The summed E-state index contributed by atoms with van der Waals surface area (Å²) in [5.74, 6) is -0.408. The van der Waals surface area contributed by atoms with Crippen molar-refractivity contribution >= 4 is 23.5 Å². The molecule has 0 spiro atoms. The van der Waals surface area contributed by atoms with Crippen LogP contribution in [0.25, 0.3) is 0 Å². The number of amides is 4. The van der Waals surface area contributed by atoms with Crippen molar-refractivity contribution in [3.8, 4) is 0 Å².